The molecule has 0 radical (unpaired) electrons. The minimum atomic E-state index is -0.644. The number of fused-ring (bicyclic) bond motifs is 1. The first-order chi connectivity index (χ1) is 12.0. The standard InChI is InChI=1S/C19H15FN2O3/c1-13-5-4-8-17-21-15(11-18(23)22(13)17)12-25-19(24)10-9-14-6-2-3-7-16(14)20/h2-11H,12H2,1H3/b10-9+. The van der Waals surface area contributed by atoms with E-state index >= 15 is 0 Å². The average Bonchev–Trinajstić information content (AvgIpc) is 2.59. The van der Waals surface area contributed by atoms with Crippen LogP contribution in [-0.2, 0) is 16.1 Å². The molecule has 0 unspecified atom stereocenters. The van der Waals surface area contributed by atoms with E-state index in [0.717, 1.165) is 11.8 Å². The maximum Gasteiger partial charge on any atom is 0.331 e. The summed E-state index contributed by atoms with van der Waals surface area (Å²) in [6.07, 6.45) is 2.47. The van der Waals surface area contributed by atoms with Crippen molar-refractivity contribution in [1.82, 2.24) is 9.38 Å². The molecule has 5 nitrogen and oxygen atoms in total. The van der Waals surface area contributed by atoms with Crippen molar-refractivity contribution in [3.8, 4) is 0 Å². The number of nitrogens with zero attached hydrogens (tertiary/aromatic N) is 2. The molecule has 3 aromatic rings. The lowest BCUT2D eigenvalue weighted by molar-refractivity contribution is -0.139. The summed E-state index contributed by atoms with van der Waals surface area (Å²) in [6, 6.07) is 12.7. The quantitative estimate of drug-likeness (QED) is 0.542. The van der Waals surface area contributed by atoms with E-state index in [1.807, 2.05) is 13.0 Å². The molecule has 126 valence electrons. The highest BCUT2D eigenvalue weighted by atomic mass is 19.1. The van der Waals surface area contributed by atoms with E-state index in [4.69, 9.17) is 4.74 Å². The topological polar surface area (TPSA) is 60.7 Å². The van der Waals surface area contributed by atoms with Crippen molar-refractivity contribution in [3.63, 3.8) is 0 Å². The number of halogens is 1. The van der Waals surface area contributed by atoms with Gasteiger partial charge in [-0.05, 0) is 31.2 Å². The van der Waals surface area contributed by atoms with Crippen LogP contribution in [0.2, 0.25) is 0 Å². The van der Waals surface area contributed by atoms with Crippen LogP contribution in [0, 0.1) is 12.7 Å². The molecule has 0 aliphatic carbocycles. The second kappa shape index (κ2) is 7.09. The number of ether oxygens (including phenoxy) is 1. The maximum absolute atomic E-state index is 13.5. The zero-order valence-electron chi connectivity index (χ0n) is 13.5. The van der Waals surface area contributed by atoms with E-state index in [2.05, 4.69) is 4.98 Å². The Morgan fingerprint density at radius 1 is 1.24 bits per heavy atom. The van der Waals surface area contributed by atoms with Gasteiger partial charge in [-0.25, -0.2) is 14.2 Å². The normalized spacial score (nSPS) is 11.1. The van der Waals surface area contributed by atoms with E-state index in [0.29, 0.717) is 11.3 Å². The summed E-state index contributed by atoms with van der Waals surface area (Å²) in [7, 11) is 0. The number of aryl methyl sites for hydroxylation is 1. The molecule has 2 heterocycles. The summed E-state index contributed by atoms with van der Waals surface area (Å²) in [6.45, 7) is 1.67. The third-order valence-corrected chi connectivity index (χ3v) is 3.60. The van der Waals surface area contributed by atoms with Gasteiger partial charge in [-0.2, -0.15) is 0 Å². The highest BCUT2D eigenvalue weighted by Gasteiger charge is 2.06. The number of carbonyl (C=O) groups is 1. The van der Waals surface area contributed by atoms with Gasteiger partial charge in [-0.1, -0.05) is 24.3 Å². The molecular formula is C19H15FN2O3. The van der Waals surface area contributed by atoms with Crippen LogP contribution >= 0.6 is 0 Å². The first-order valence-electron chi connectivity index (χ1n) is 7.62. The van der Waals surface area contributed by atoms with Gasteiger partial charge in [-0.15, -0.1) is 0 Å². The van der Waals surface area contributed by atoms with Crippen molar-refractivity contribution >= 4 is 17.7 Å². The third-order valence-electron chi connectivity index (χ3n) is 3.60. The minimum Gasteiger partial charge on any atom is -0.456 e. The molecule has 0 saturated heterocycles. The number of benzene rings is 1. The molecule has 0 amide bonds. The molecule has 3 rings (SSSR count). The monoisotopic (exact) mass is 338 g/mol. The number of hydrogen-bond acceptors (Lipinski definition) is 4. The number of aromatic nitrogens is 2. The SMILES string of the molecule is Cc1cccc2nc(COC(=O)/C=C/c3ccccc3F)cc(=O)n12. The fourth-order valence-electron chi connectivity index (χ4n) is 2.40. The highest BCUT2D eigenvalue weighted by Crippen LogP contribution is 2.09. The Labute approximate surface area is 143 Å². The predicted molar refractivity (Wildman–Crippen MR) is 91.4 cm³/mol. The van der Waals surface area contributed by atoms with Crippen LogP contribution in [-0.4, -0.2) is 15.4 Å². The molecule has 0 spiro atoms. The van der Waals surface area contributed by atoms with Gasteiger partial charge in [0.25, 0.3) is 5.56 Å². The van der Waals surface area contributed by atoms with E-state index in [1.165, 1.54) is 22.6 Å². The minimum absolute atomic E-state index is 0.139. The van der Waals surface area contributed by atoms with Crippen LogP contribution in [0.5, 0.6) is 0 Å². The zero-order chi connectivity index (χ0) is 17.8. The largest absolute Gasteiger partial charge is 0.456 e. The fourth-order valence-corrected chi connectivity index (χ4v) is 2.40. The summed E-state index contributed by atoms with van der Waals surface area (Å²) < 4.78 is 20.0. The number of esters is 1. The molecule has 0 saturated carbocycles. The van der Waals surface area contributed by atoms with Crippen molar-refractivity contribution < 1.29 is 13.9 Å². The summed E-state index contributed by atoms with van der Waals surface area (Å²) >= 11 is 0. The van der Waals surface area contributed by atoms with Crippen LogP contribution in [0.3, 0.4) is 0 Å². The van der Waals surface area contributed by atoms with Crippen LogP contribution in [0.25, 0.3) is 11.7 Å². The van der Waals surface area contributed by atoms with Crippen molar-refractivity contribution in [3.05, 3.63) is 87.7 Å². The maximum atomic E-state index is 13.5. The molecule has 1 aromatic carbocycles. The van der Waals surface area contributed by atoms with Gasteiger partial charge in [0.15, 0.2) is 0 Å². The predicted octanol–water partition coefficient (Wildman–Crippen LogP) is 2.90. The summed E-state index contributed by atoms with van der Waals surface area (Å²) in [4.78, 5) is 28.2. The van der Waals surface area contributed by atoms with E-state index < -0.39 is 11.8 Å². The lowest BCUT2D eigenvalue weighted by Crippen LogP contribution is -2.18. The Morgan fingerprint density at radius 3 is 2.84 bits per heavy atom. The Balaban J connectivity index is 1.71. The van der Waals surface area contributed by atoms with Gasteiger partial charge in [-0.3, -0.25) is 9.20 Å². The molecule has 6 heteroatoms. The molecule has 0 fully saturated rings. The number of pyridine rings is 1. The van der Waals surface area contributed by atoms with E-state index in [9.17, 15) is 14.0 Å². The van der Waals surface area contributed by atoms with Gasteiger partial charge in [0.05, 0.1) is 5.69 Å². The molecule has 0 bridgehead atoms. The van der Waals surface area contributed by atoms with Crippen molar-refractivity contribution in [2.45, 2.75) is 13.5 Å². The Morgan fingerprint density at radius 2 is 2.04 bits per heavy atom. The van der Waals surface area contributed by atoms with Gasteiger partial charge in [0.1, 0.15) is 18.1 Å². The molecule has 2 aromatic heterocycles. The van der Waals surface area contributed by atoms with E-state index in [1.54, 1.807) is 30.3 Å². The number of hydrogen-bond donors (Lipinski definition) is 0. The second-order valence-corrected chi connectivity index (χ2v) is 5.41. The molecular weight excluding hydrogens is 323 g/mol. The van der Waals surface area contributed by atoms with Gasteiger partial charge in [0.2, 0.25) is 0 Å². The van der Waals surface area contributed by atoms with Crippen molar-refractivity contribution in [1.29, 1.82) is 0 Å². The van der Waals surface area contributed by atoms with Gasteiger partial charge >= 0.3 is 5.97 Å². The van der Waals surface area contributed by atoms with Crippen LogP contribution in [0.1, 0.15) is 17.0 Å². The molecule has 0 atom stereocenters. The zero-order valence-corrected chi connectivity index (χ0v) is 13.5. The summed E-state index contributed by atoms with van der Waals surface area (Å²) in [5.74, 6) is -1.07. The number of rotatable bonds is 4. The Bertz CT molecular complexity index is 1020. The summed E-state index contributed by atoms with van der Waals surface area (Å²) in [5.41, 5.74) is 1.66. The lowest BCUT2D eigenvalue weighted by Gasteiger charge is -2.06. The molecule has 0 N–H and O–H groups in total. The Kier molecular flexibility index (Phi) is 4.70. The van der Waals surface area contributed by atoms with Crippen LogP contribution in [0.15, 0.2) is 59.4 Å². The van der Waals surface area contributed by atoms with E-state index in [-0.39, 0.29) is 17.7 Å². The van der Waals surface area contributed by atoms with Gasteiger partial charge in [0, 0.05) is 23.4 Å². The smallest absolute Gasteiger partial charge is 0.331 e. The first kappa shape index (κ1) is 16.6. The first-order valence-corrected chi connectivity index (χ1v) is 7.62. The average molecular weight is 338 g/mol. The Hall–Kier alpha value is -3.28. The summed E-state index contributed by atoms with van der Waals surface area (Å²) in [5, 5.41) is 0. The van der Waals surface area contributed by atoms with Crippen molar-refractivity contribution in [2.24, 2.45) is 0 Å². The molecule has 0 aliphatic rings. The molecule has 0 aliphatic heterocycles. The second-order valence-electron chi connectivity index (χ2n) is 5.41. The third kappa shape index (κ3) is 3.80. The molecule has 25 heavy (non-hydrogen) atoms. The number of carbonyl (C=O) groups excluding carboxylic acids is 1. The fraction of sp³-hybridized carbons (Fsp3) is 0.105. The van der Waals surface area contributed by atoms with Gasteiger partial charge < -0.3 is 4.74 Å². The van der Waals surface area contributed by atoms with Crippen LogP contribution < -0.4 is 5.56 Å². The van der Waals surface area contributed by atoms with Crippen molar-refractivity contribution in [2.75, 3.05) is 0 Å². The lowest BCUT2D eigenvalue weighted by atomic mass is 10.2. The van der Waals surface area contributed by atoms with Crippen LogP contribution in [0.4, 0.5) is 4.39 Å². The highest BCUT2D eigenvalue weighted by molar-refractivity contribution is 5.87.